The first-order chi connectivity index (χ1) is 9.68. The lowest BCUT2D eigenvalue weighted by molar-refractivity contribution is -0.146. The van der Waals surface area contributed by atoms with E-state index in [0.717, 1.165) is 6.42 Å². The van der Waals surface area contributed by atoms with Crippen molar-refractivity contribution in [3.63, 3.8) is 0 Å². The highest BCUT2D eigenvalue weighted by Gasteiger charge is 2.39. The molecule has 0 spiro atoms. The van der Waals surface area contributed by atoms with Crippen LogP contribution in [0.2, 0.25) is 0 Å². The summed E-state index contributed by atoms with van der Waals surface area (Å²) in [6.07, 6.45) is 2.92. The van der Waals surface area contributed by atoms with E-state index < -0.39 is 29.4 Å². The number of carbonyl (C=O) groups excluding carboxylic acids is 2. The normalized spacial score (nSPS) is 20.0. The molecule has 2 N–H and O–H groups in total. The second-order valence-corrected chi connectivity index (χ2v) is 6.33. The van der Waals surface area contributed by atoms with E-state index in [1.165, 1.54) is 6.08 Å². The molecule has 1 rings (SSSR count). The first kappa shape index (κ1) is 17.2. The van der Waals surface area contributed by atoms with Crippen LogP contribution in [0.25, 0.3) is 0 Å². The predicted molar refractivity (Wildman–Crippen MR) is 78.6 cm³/mol. The number of hydrogen-bond donors (Lipinski definition) is 2. The van der Waals surface area contributed by atoms with Gasteiger partial charge in [-0.15, -0.1) is 6.58 Å². The molecular formula is C15H24N2O4. The third kappa shape index (κ3) is 4.31. The Morgan fingerprint density at radius 1 is 1.43 bits per heavy atom. The lowest BCUT2D eigenvalue weighted by Crippen LogP contribution is -2.52. The number of amides is 2. The number of carboxylic acids is 1. The van der Waals surface area contributed by atoms with Crippen LogP contribution < -0.4 is 5.32 Å². The Balaban J connectivity index is 2.78. The molecule has 0 aromatic heterocycles. The zero-order valence-electron chi connectivity index (χ0n) is 12.9. The molecule has 2 unspecified atom stereocenters. The molecule has 1 saturated heterocycles. The fraction of sp³-hybridized carbons (Fsp3) is 0.667. The van der Waals surface area contributed by atoms with Gasteiger partial charge in [0.2, 0.25) is 11.8 Å². The van der Waals surface area contributed by atoms with E-state index in [1.54, 1.807) is 25.7 Å². The largest absolute Gasteiger partial charge is 0.480 e. The molecule has 1 aliphatic heterocycles. The Bertz CT molecular complexity index is 439. The zero-order chi connectivity index (χ0) is 16.2. The molecule has 0 aromatic carbocycles. The zero-order valence-corrected chi connectivity index (χ0v) is 12.9. The number of carbonyl (C=O) groups is 3. The summed E-state index contributed by atoms with van der Waals surface area (Å²) < 4.78 is 0. The van der Waals surface area contributed by atoms with Gasteiger partial charge < -0.3 is 15.3 Å². The summed E-state index contributed by atoms with van der Waals surface area (Å²) in [6, 6.07) is -1.58. The minimum absolute atomic E-state index is 0.0873. The minimum Gasteiger partial charge on any atom is -0.480 e. The lowest BCUT2D eigenvalue weighted by Gasteiger charge is -2.30. The van der Waals surface area contributed by atoms with Crippen molar-refractivity contribution in [3.05, 3.63) is 12.7 Å². The Kier molecular flexibility index (Phi) is 5.52. The fourth-order valence-electron chi connectivity index (χ4n) is 2.37. The van der Waals surface area contributed by atoms with Crippen molar-refractivity contribution in [1.82, 2.24) is 10.2 Å². The molecule has 0 aromatic rings. The molecule has 2 atom stereocenters. The van der Waals surface area contributed by atoms with Crippen LogP contribution in [0.15, 0.2) is 12.7 Å². The van der Waals surface area contributed by atoms with Crippen molar-refractivity contribution in [2.24, 2.45) is 5.41 Å². The Morgan fingerprint density at radius 3 is 2.52 bits per heavy atom. The quantitative estimate of drug-likeness (QED) is 0.746. The van der Waals surface area contributed by atoms with Crippen molar-refractivity contribution >= 4 is 17.8 Å². The lowest BCUT2D eigenvalue weighted by atomic mass is 9.94. The van der Waals surface area contributed by atoms with Gasteiger partial charge in [0, 0.05) is 12.0 Å². The van der Waals surface area contributed by atoms with Gasteiger partial charge in [0.25, 0.3) is 0 Å². The van der Waals surface area contributed by atoms with Crippen LogP contribution in [0, 0.1) is 5.41 Å². The topological polar surface area (TPSA) is 86.7 Å². The molecule has 1 fully saturated rings. The van der Waals surface area contributed by atoms with E-state index in [-0.39, 0.29) is 12.3 Å². The predicted octanol–water partition coefficient (Wildman–Crippen LogP) is 1.17. The van der Waals surface area contributed by atoms with Crippen LogP contribution in [0.4, 0.5) is 0 Å². The monoisotopic (exact) mass is 296 g/mol. The van der Waals surface area contributed by atoms with Crippen LogP contribution in [-0.4, -0.2) is 46.4 Å². The molecule has 6 nitrogen and oxygen atoms in total. The van der Waals surface area contributed by atoms with E-state index in [9.17, 15) is 14.4 Å². The second kappa shape index (κ2) is 6.74. The van der Waals surface area contributed by atoms with Crippen molar-refractivity contribution in [1.29, 1.82) is 0 Å². The van der Waals surface area contributed by atoms with Gasteiger partial charge >= 0.3 is 5.97 Å². The van der Waals surface area contributed by atoms with Gasteiger partial charge in [-0.05, 0) is 19.3 Å². The van der Waals surface area contributed by atoms with Gasteiger partial charge in [-0.3, -0.25) is 9.59 Å². The van der Waals surface area contributed by atoms with Gasteiger partial charge in [-0.2, -0.15) is 0 Å². The number of nitrogens with one attached hydrogen (secondary N) is 1. The highest BCUT2D eigenvalue weighted by atomic mass is 16.4. The molecule has 0 aliphatic carbocycles. The number of rotatable bonds is 5. The standard InChI is InChI=1S/C15H24N2O4/c1-5-7-10(13(19)20)16-12(18)11-8-6-9-17(11)14(21)15(2,3)4/h5,10-11H,1,6-9H2,2-4H3,(H,16,18)(H,19,20). The summed E-state index contributed by atoms with van der Waals surface area (Å²) in [5.74, 6) is -1.59. The molecule has 0 bridgehead atoms. The highest BCUT2D eigenvalue weighted by Crippen LogP contribution is 2.25. The Labute approximate surface area is 125 Å². The van der Waals surface area contributed by atoms with Crippen molar-refractivity contribution in [3.8, 4) is 0 Å². The van der Waals surface area contributed by atoms with Crippen LogP contribution in [-0.2, 0) is 14.4 Å². The van der Waals surface area contributed by atoms with Crippen molar-refractivity contribution in [2.45, 2.75) is 52.1 Å². The molecule has 2 amide bonds. The van der Waals surface area contributed by atoms with Gasteiger partial charge in [0.15, 0.2) is 0 Å². The van der Waals surface area contributed by atoms with Crippen LogP contribution in [0.1, 0.15) is 40.0 Å². The van der Waals surface area contributed by atoms with Gasteiger partial charge in [0.1, 0.15) is 12.1 Å². The average Bonchev–Trinajstić information content (AvgIpc) is 2.84. The molecule has 6 heteroatoms. The van der Waals surface area contributed by atoms with E-state index >= 15 is 0 Å². The SMILES string of the molecule is C=CCC(NC(=O)C1CCCN1C(=O)C(C)(C)C)C(=O)O. The smallest absolute Gasteiger partial charge is 0.326 e. The van der Waals surface area contributed by atoms with Gasteiger partial charge in [-0.25, -0.2) is 4.79 Å². The molecule has 1 heterocycles. The van der Waals surface area contributed by atoms with Crippen LogP contribution in [0.3, 0.4) is 0 Å². The molecule has 0 saturated carbocycles. The van der Waals surface area contributed by atoms with E-state index in [2.05, 4.69) is 11.9 Å². The van der Waals surface area contributed by atoms with E-state index in [4.69, 9.17) is 5.11 Å². The highest BCUT2D eigenvalue weighted by molar-refractivity contribution is 5.92. The van der Waals surface area contributed by atoms with Gasteiger partial charge in [0.05, 0.1) is 0 Å². The van der Waals surface area contributed by atoms with E-state index in [0.29, 0.717) is 13.0 Å². The number of aliphatic carboxylic acids is 1. The molecular weight excluding hydrogens is 272 g/mol. The molecule has 1 aliphatic rings. The maximum atomic E-state index is 12.3. The van der Waals surface area contributed by atoms with Crippen molar-refractivity contribution < 1.29 is 19.5 Å². The maximum Gasteiger partial charge on any atom is 0.326 e. The van der Waals surface area contributed by atoms with Crippen molar-refractivity contribution in [2.75, 3.05) is 6.54 Å². The van der Waals surface area contributed by atoms with E-state index in [1.807, 2.05) is 0 Å². The van der Waals surface area contributed by atoms with Crippen LogP contribution >= 0.6 is 0 Å². The summed E-state index contributed by atoms with van der Waals surface area (Å²) in [4.78, 5) is 37.2. The maximum absolute atomic E-state index is 12.3. The molecule has 0 radical (unpaired) electrons. The fourth-order valence-corrected chi connectivity index (χ4v) is 2.37. The Morgan fingerprint density at radius 2 is 2.05 bits per heavy atom. The minimum atomic E-state index is -1.10. The first-order valence-electron chi connectivity index (χ1n) is 7.13. The molecule has 118 valence electrons. The van der Waals surface area contributed by atoms with Gasteiger partial charge in [-0.1, -0.05) is 26.8 Å². The number of hydrogen-bond acceptors (Lipinski definition) is 3. The second-order valence-electron chi connectivity index (χ2n) is 6.33. The Hall–Kier alpha value is -1.85. The third-order valence-electron chi connectivity index (χ3n) is 3.47. The number of nitrogens with zero attached hydrogens (tertiary/aromatic N) is 1. The summed E-state index contributed by atoms with van der Waals surface area (Å²) in [5, 5.41) is 11.5. The number of carboxylic acid groups (broad SMARTS) is 1. The summed E-state index contributed by atoms with van der Waals surface area (Å²) in [6.45, 7) is 9.44. The first-order valence-corrected chi connectivity index (χ1v) is 7.13. The number of likely N-dealkylation sites (tertiary alicyclic amines) is 1. The molecule has 21 heavy (non-hydrogen) atoms. The summed E-state index contributed by atoms with van der Waals surface area (Å²) in [7, 11) is 0. The summed E-state index contributed by atoms with van der Waals surface area (Å²) >= 11 is 0. The third-order valence-corrected chi connectivity index (χ3v) is 3.47. The van der Waals surface area contributed by atoms with Crippen LogP contribution in [0.5, 0.6) is 0 Å². The average molecular weight is 296 g/mol. The summed E-state index contributed by atoms with van der Waals surface area (Å²) in [5.41, 5.74) is -0.559.